The van der Waals surface area contributed by atoms with Crippen molar-refractivity contribution in [2.75, 3.05) is 5.32 Å². The molecule has 0 saturated heterocycles. The summed E-state index contributed by atoms with van der Waals surface area (Å²) < 4.78 is 71.2. The van der Waals surface area contributed by atoms with Crippen molar-refractivity contribution in [2.45, 2.75) is 13.1 Å². The Hall–Kier alpha value is -3.42. The molecule has 0 spiro atoms. The fraction of sp³-hybridized carbons (Fsp3) is 0.0952. The number of aryl methyl sites for hydroxylation is 1. The molecule has 150 valence electrons. The van der Waals surface area contributed by atoms with Crippen molar-refractivity contribution in [1.29, 1.82) is 0 Å². The molecule has 0 aliphatic carbocycles. The van der Waals surface area contributed by atoms with Crippen LogP contribution in [0.5, 0.6) is 11.5 Å². The van der Waals surface area contributed by atoms with Gasteiger partial charge < -0.3 is 10.1 Å². The fourth-order valence-electron chi connectivity index (χ4n) is 2.55. The summed E-state index contributed by atoms with van der Waals surface area (Å²) >= 11 is 0. The first-order valence-corrected chi connectivity index (χ1v) is 8.35. The van der Waals surface area contributed by atoms with Gasteiger partial charge >= 0.3 is 6.18 Å². The number of ether oxygens (including phenoxy) is 1. The zero-order valence-electron chi connectivity index (χ0n) is 15.0. The van der Waals surface area contributed by atoms with Crippen LogP contribution in [0.1, 0.15) is 21.5 Å². The van der Waals surface area contributed by atoms with Crippen molar-refractivity contribution in [2.24, 2.45) is 0 Å². The summed E-state index contributed by atoms with van der Waals surface area (Å²) in [5.41, 5.74) is -0.828. The zero-order valence-corrected chi connectivity index (χ0v) is 15.0. The minimum atomic E-state index is -4.67. The van der Waals surface area contributed by atoms with Crippen LogP contribution < -0.4 is 10.1 Å². The molecule has 29 heavy (non-hydrogen) atoms. The normalized spacial score (nSPS) is 11.2. The van der Waals surface area contributed by atoms with Crippen LogP contribution in [0.25, 0.3) is 0 Å². The van der Waals surface area contributed by atoms with Crippen molar-refractivity contribution in [3.63, 3.8) is 0 Å². The van der Waals surface area contributed by atoms with Crippen LogP contribution in [-0.2, 0) is 6.18 Å². The first-order valence-electron chi connectivity index (χ1n) is 8.35. The number of halogens is 5. The molecular formula is C21H14F5NO2. The predicted octanol–water partition coefficient (Wildman–Crippen LogP) is 6.34. The Morgan fingerprint density at radius 3 is 2.10 bits per heavy atom. The number of amides is 1. The average molecular weight is 407 g/mol. The maximum absolute atomic E-state index is 13.3. The highest BCUT2D eigenvalue weighted by Crippen LogP contribution is 2.35. The molecule has 0 aromatic heterocycles. The van der Waals surface area contributed by atoms with E-state index in [-0.39, 0.29) is 22.7 Å². The third-order valence-electron chi connectivity index (χ3n) is 4.01. The van der Waals surface area contributed by atoms with Crippen LogP contribution in [0.4, 0.5) is 27.6 Å². The molecule has 3 aromatic carbocycles. The van der Waals surface area contributed by atoms with Gasteiger partial charge in [0.1, 0.15) is 23.1 Å². The van der Waals surface area contributed by atoms with E-state index in [4.69, 9.17) is 4.74 Å². The van der Waals surface area contributed by atoms with Gasteiger partial charge in [-0.1, -0.05) is 0 Å². The molecule has 0 atom stereocenters. The second kappa shape index (κ2) is 7.90. The number of carbonyl (C=O) groups excluding carboxylic acids is 1. The van der Waals surface area contributed by atoms with Gasteiger partial charge in [-0.25, -0.2) is 8.78 Å². The topological polar surface area (TPSA) is 38.3 Å². The summed E-state index contributed by atoms with van der Waals surface area (Å²) in [6.07, 6.45) is -4.67. The third kappa shape index (κ3) is 4.90. The summed E-state index contributed by atoms with van der Waals surface area (Å²) in [7, 11) is 0. The van der Waals surface area contributed by atoms with E-state index in [2.05, 4.69) is 5.32 Å². The highest BCUT2D eigenvalue weighted by molar-refractivity contribution is 6.06. The third-order valence-corrected chi connectivity index (χ3v) is 4.01. The molecule has 1 amide bonds. The number of benzene rings is 3. The lowest BCUT2D eigenvalue weighted by Crippen LogP contribution is -2.15. The second-order valence-electron chi connectivity index (χ2n) is 6.18. The molecule has 0 fully saturated rings. The molecule has 0 bridgehead atoms. The van der Waals surface area contributed by atoms with Gasteiger partial charge in [0.05, 0.1) is 11.1 Å². The summed E-state index contributed by atoms with van der Waals surface area (Å²) in [5.74, 6) is -1.87. The van der Waals surface area contributed by atoms with E-state index in [9.17, 15) is 26.7 Å². The fourth-order valence-corrected chi connectivity index (χ4v) is 2.55. The first-order chi connectivity index (χ1) is 13.6. The largest absolute Gasteiger partial charge is 0.456 e. The van der Waals surface area contributed by atoms with Gasteiger partial charge in [-0.3, -0.25) is 4.79 Å². The Morgan fingerprint density at radius 1 is 0.862 bits per heavy atom. The van der Waals surface area contributed by atoms with Crippen molar-refractivity contribution >= 4 is 11.6 Å². The van der Waals surface area contributed by atoms with Gasteiger partial charge in [0, 0.05) is 5.69 Å². The van der Waals surface area contributed by atoms with Crippen LogP contribution in [-0.4, -0.2) is 5.91 Å². The van der Waals surface area contributed by atoms with E-state index in [0.717, 1.165) is 30.3 Å². The Balaban J connectivity index is 1.99. The monoisotopic (exact) mass is 407 g/mol. The minimum absolute atomic E-state index is 0.146. The average Bonchev–Trinajstić information content (AvgIpc) is 2.65. The van der Waals surface area contributed by atoms with Gasteiger partial charge in [0.2, 0.25) is 0 Å². The quantitative estimate of drug-likeness (QED) is 0.513. The molecule has 3 nitrogen and oxygen atoms in total. The number of carbonyl (C=O) groups is 1. The van der Waals surface area contributed by atoms with E-state index < -0.39 is 29.3 Å². The molecule has 0 saturated carbocycles. The molecule has 3 aromatic rings. The Kier molecular flexibility index (Phi) is 5.54. The maximum Gasteiger partial charge on any atom is 0.416 e. The molecule has 8 heteroatoms. The molecule has 0 aliphatic heterocycles. The van der Waals surface area contributed by atoms with Crippen LogP contribution >= 0.6 is 0 Å². The standard InChI is InChI=1S/C21H14F5NO2/c1-12-10-15(23)5-9-18(12)29-19-8-2-13(21(24,25)26)11-17(19)20(28)27-16-6-3-14(22)4-7-16/h2-11H,1H3,(H,27,28). The second-order valence-corrected chi connectivity index (χ2v) is 6.18. The van der Waals surface area contributed by atoms with E-state index in [1.54, 1.807) is 6.92 Å². The van der Waals surface area contributed by atoms with E-state index in [0.29, 0.717) is 11.6 Å². The lowest BCUT2D eigenvalue weighted by molar-refractivity contribution is -0.137. The molecule has 1 N–H and O–H groups in total. The van der Waals surface area contributed by atoms with Gasteiger partial charge in [0.25, 0.3) is 5.91 Å². The number of nitrogens with one attached hydrogen (secondary N) is 1. The van der Waals surface area contributed by atoms with E-state index in [1.165, 1.54) is 24.3 Å². The lowest BCUT2D eigenvalue weighted by atomic mass is 10.1. The smallest absolute Gasteiger partial charge is 0.416 e. The lowest BCUT2D eigenvalue weighted by Gasteiger charge is -2.15. The highest BCUT2D eigenvalue weighted by Gasteiger charge is 2.32. The summed E-state index contributed by atoms with van der Waals surface area (Å²) in [6.45, 7) is 1.56. The Bertz CT molecular complexity index is 1050. The molecule has 0 unspecified atom stereocenters. The number of hydrogen-bond donors (Lipinski definition) is 1. The number of alkyl halides is 3. The number of rotatable bonds is 4. The summed E-state index contributed by atoms with van der Waals surface area (Å²) in [4.78, 5) is 12.6. The van der Waals surface area contributed by atoms with Gasteiger partial charge in [0.15, 0.2) is 0 Å². The number of hydrogen-bond acceptors (Lipinski definition) is 2. The maximum atomic E-state index is 13.3. The highest BCUT2D eigenvalue weighted by atomic mass is 19.4. The minimum Gasteiger partial charge on any atom is -0.456 e. The molecule has 3 rings (SSSR count). The molecule has 0 radical (unpaired) electrons. The molecular weight excluding hydrogens is 393 g/mol. The van der Waals surface area contributed by atoms with Gasteiger partial charge in [-0.15, -0.1) is 0 Å². The number of anilines is 1. The molecule has 0 heterocycles. The van der Waals surface area contributed by atoms with Crippen molar-refractivity contribution in [3.05, 3.63) is 89.0 Å². The van der Waals surface area contributed by atoms with Crippen LogP contribution in [0.2, 0.25) is 0 Å². The Labute approximate surface area is 162 Å². The van der Waals surface area contributed by atoms with E-state index in [1.807, 2.05) is 0 Å². The van der Waals surface area contributed by atoms with Gasteiger partial charge in [-0.2, -0.15) is 13.2 Å². The first kappa shape index (κ1) is 20.3. The van der Waals surface area contributed by atoms with E-state index >= 15 is 0 Å². The van der Waals surface area contributed by atoms with Crippen molar-refractivity contribution in [3.8, 4) is 11.5 Å². The van der Waals surface area contributed by atoms with Crippen LogP contribution in [0.15, 0.2) is 60.7 Å². The predicted molar refractivity (Wildman–Crippen MR) is 97.0 cm³/mol. The zero-order chi connectivity index (χ0) is 21.2. The van der Waals surface area contributed by atoms with Crippen LogP contribution in [0.3, 0.4) is 0 Å². The van der Waals surface area contributed by atoms with Crippen molar-refractivity contribution in [1.82, 2.24) is 0 Å². The molecule has 0 aliphatic rings. The Morgan fingerprint density at radius 2 is 1.48 bits per heavy atom. The summed E-state index contributed by atoms with van der Waals surface area (Å²) in [6, 6.07) is 10.8. The van der Waals surface area contributed by atoms with Gasteiger partial charge in [-0.05, 0) is 73.2 Å². The van der Waals surface area contributed by atoms with Crippen LogP contribution in [0, 0.1) is 18.6 Å². The summed E-state index contributed by atoms with van der Waals surface area (Å²) in [5, 5.41) is 2.40. The van der Waals surface area contributed by atoms with Crippen molar-refractivity contribution < 1.29 is 31.5 Å². The SMILES string of the molecule is Cc1cc(F)ccc1Oc1ccc(C(F)(F)F)cc1C(=O)Nc1ccc(F)cc1.